The maximum atomic E-state index is 12.3. The lowest BCUT2D eigenvalue weighted by atomic mass is 10.0. The molecule has 0 fully saturated rings. The second-order valence-corrected chi connectivity index (χ2v) is 7.35. The number of aromatic nitrogens is 3. The van der Waals surface area contributed by atoms with Gasteiger partial charge >= 0.3 is 0 Å². The highest BCUT2D eigenvalue weighted by Gasteiger charge is 2.18. The molecule has 2 aromatic carbocycles. The fourth-order valence-corrected chi connectivity index (χ4v) is 3.31. The van der Waals surface area contributed by atoms with Gasteiger partial charge in [-0.1, -0.05) is 42.1 Å². The molecule has 1 amide bonds. The normalized spacial score (nSPS) is 11.7. The van der Waals surface area contributed by atoms with Crippen LogP contribution >= 0.6 is 11.8 Å². The number of ether oxygens (including phenoxy) is 1. The lowest BCUT2D eigenvalue weighted by Crippen LogP contribution is -2.42. The first kappa shape index (κ1) is 20.6. The van der Waals surface area contributed by atoms with E-state index in [0.717, 1.165) is 16.9 Å². The van der Waals surface area contributed by atoms with Crippen molar-refractivity contribution in [2.24, 2.45) is 0 Å². The minimum atomic E-state index is -0.549. The van der Waals surface area contributed by atoms with E-state index in [1.165, 1.54) is 18.7 Å². The average molecular weight is 410 g/mol. The number of ketones is 1. The SMILES string of the molecule is COc1ccc(-c2nc(SCC(=O)N[C@H](Cc3ccccc3)C(C)=O)n[nH]2)cc1. The van der Waals surface area contributed by atoms with E-state index in [9.17, 15) is 9.59 Å². The van der Waals surface area contributed by atoms with Crippen LogP contribution in [-0.2, 0) is 16.0 Å². The van der Waals surface area contributed by atoms with Crippen LogP contribution in [0.3, 0.4) is 0 Å². The van der Waals surface area contributed by atoms with Gasteiger partial charge < -0.3 is 10.1 Å². The third kappa shape index (κ3) is 5.92. The van der Waals surface area contributed by atoms with Gasteiger partial charge in [-0.2, -0.15) is 0 Å². The van der Waals surface area contributed by atoms with Crippen LogP contribution < -0.4 is 10.1 Å². The van der Waals surface area contributed by atoms with Crippen LogP contribution in [-0.4, -0.2) is 45.8 Å². The number of carbonyl (C=O) groups is 2. The lowest BCUT2D eigenvalue weighted by Gasteiger charge is -2.15. The fourth-order valence-electron chi connectivity index (χ4n) is 2.70. The van der Waals surface area contributed by atoms with Crippen LogP contribution in [0.4, 0.5) is 0 Å². The number of benzene rings is 2. The van der Waals surface area contributed by atoms with E-state index < -0.39 is 6.04 Å². The van der Waals surface area contributed by atoms with Crippen LogP contribution in [0.2, 0.25) is 0 Å². The Morgan fingerprint density at radius 3 is 2.52 bits per heavy atom. The minimum absolute atomic E-state index is 0.0770. The zero-order chi connectivity index (χ0) is 20.6. The van der Waals surface area contributed by atoms with Crippen molar-refractivity contribution in [2.75, 3.05) is 12.9 Å². The Bertz CT molecular complexity index is 958. The van der Waals surface area contributed by atoms with Crippen molar-refractivity contribution in [3.8, 4) is 17.1 Å². The van der Waals surface area contributed by atoms with Crippen molar-refractivity contribution in [2.45, 2.75) is 24.5 Å². The van der Waals surface area contributed by atoms with Gasteiger partial charge in [0.25, 0.3) is 0 Å². The second-order valence-electron chi connectivity index (χ2n) is 6.40. The van der Waals surface area contributed by atoms with Crippen molar-refractivity contribution >= 4 is 23.5 Å². The molecule has 0 aliphatic rings. The van der Waals surface area contributed by atoms with E-state index in [1.54, 1.807) is 7.11 Å². The summed E-state index contributed by atoms with van der Waals surface area (Å²) in [5, 5.41) is 10.3. The summed E-state index contributed by atoms with van der Waals surface area (Å²) in [7, 11) is 1.61. The van der Waals surface area contributed by atoms with Crippen LogP contribution in [0, 0.1) is 0 Å². The van der Waals surface area contributed by atoms with Crippen molar-refractivity contribution < 1.29 is 14.3 Å². The molecule has 0 radical (unpaired) electrons. The molecule has 1 aromatic heterocycles. The summed E-state index contributed by atoms with van der Waals surface area (Å²) >= 11 is 1.21. The molecule has 0 aliphatic heterocycles. The topological polar surface area (TPSA) is 97.0 Å². The molecule has 0 aliphatic carbocycles. The predicted octanol–water partition coefficient (Wildman–Crippen LogP) is 2.89. The van der Waals surface area contributed by atoms with Gasteiger partial charge in [0.1, 0.15) is 5.75 Å². The molecule has 8 heteroatoms. The Morgan fingerprint density at radius 2 is 1.86 bits per heavy atom. The number of aromatic amines is 1. The molecule has 0 unspecified atom stereocenters. The molecule has 1 heterocycles. The van der Waals surface area contributed by atoms with Gasteiger partial charge in [0.2, 0.25) is 11.1 Å². The molecule has 1 atom stereocenters. The Morgan fingerprint density at radius 1 is 1.14 bits per heavy atom. The number of amides is 1. The third-order valence-corrected chi connectivity index (χ3v) is 5.12. The monoisotopic (exact) mass is 410 g/mol. The number of hydrogen-bond acceptors (Lipinski definition) is 6. The van der Waals surface area contributed by atoms with Crippen molar-refractivity contribution in [1.29, 1.82) is 0 Å². The van der Waals surface area contributed by atoms with Crippen LogP contribution in [0.25, 0.3) is 11.4 Å². The van der Waals surface area contributed by atoms with Gasteiger partial charge in [-0.15, -0.1) is 5.10 Å². The largest absolute Gasteiger partial charge is 0.497 e. The maximum absolute atomic E-state index is 12.3. The number of nitrogens with zero attached hydrogens (tertiary/aromatic N) is 2. The molecular weight excluding hydrogens is 388 g/mol. The van der Waals surface area contributed by atoms with Crippen molar-refractivity contribution in [3.63, 3.8) is 0 Å². The second kappa shape index (κ2) is 9.88. The standard InChI is InChI=1S/C21H22N4O3S/c1-14(26)18(12-15-6-4-3-5-7-15)22-19(27)13-29-21-23-20(24-25-21)16-8-10-17(28-2)11-9-16/h3-11,18H,12-13H2,1-2H3,(H,22,27)(H,23,24,25)/t18-/m1/s1. The van der Waals surface area contributed by atoms with Gasteiger partial charge in [0, 0.05) is 5.56 Å². The molecule has 150 valence electrons. The number of Topliss-reactive ketones (excluding diaryl/α,β-unsaturated/α-hetero) is 1. The zero-order valence-electron chi connectivity index (χ0n) is 16.2. The molecule has 29 heavy (non-hydrogen) atoms. The third-order valence-electron chi connectivity index (χ3n) is 4.27. The number of methoxy groups -OCH3 is 1. The zero-order valence-corrected chi connectivity index (χ0v) is 17.0. The first-order chi connectivity index (χ1) is 14.0. The Balaban J connectivity index is 1.54. The van der Waals surface area contributed by atoms with Crippen molar-refractivity contribution in [1.82, 2.24) is 20.5 Å². The number of rotatable bonds is 9. The number of H-pyrrole nitrogens is 1. The summed E-state index contributed by atoms with van der Waals surface area (Å²) in [6.45, 7) is 1.48. The molecule has 0 bridgehead atoms. The average Bonchev–Trinajstić information content (AvgIpc) is 3.21. The van der Waals surface area contributed by atoms with Gasteiger partial charge in [-0.25, -0.2) is 4.98 Å². The highest BCUT2D eigenvalue weighted by atomic mass is 32.2. The highest BCUT2D eigenvalue weighted by molar-refractivity contribution is 7.99. The molecule has 3 rings (SSSR count). The summed E-state index contributed by atoms with van der Waals surface area (Å²) in [4.78, 5) is 28.6. The molecule has 0 spiro atoms. The van der Waals surface area contributed by atoms with E-state index in [-0.39, 0.29) is 17.4 Å². The molecular formula is C21H22N4O3S. The van der Waals surface area contributed by atoms with Crippen LogP contribution in [0.15, 0.2) is 59.8 Å². The number of carbonyl (C=O) groups excluding carboxylic acids is 2. The van der Waals surface area contributed by atoms with Gasteiger partial charge in [-0.3, -0.25) is 14.7 Å². The number of nitrogens with one attached hydrogen (secondary N) is 2. The van der Waals surface area contributed by atoms with Crippen LogP contribution in [0.5, 0.6) is 5.75 Å². The van der Waals surface area contributed by atoms with E-state index >= 15 is 0 Å². The molecule has 0 saturated carbocycles. The van der Waals surface area contributed by atoms with Gasteiger partial charge in [0.15, 0.2) is 11.6 Å². The van der Waals surface area contributed by atoms with E-state index in [1.807, 2.05) is 54.6 Å². The molecule has 3 aromatic rings. The Hall–Kier alpha value is -3.13. The summed E-state index contributed by atoms with van der Waals surface area (Å²) in [6.07, 6.45) is 0.467. The fraction of sp³-hybridized carbons (Fsp3) is 0.238. The van der Waals surface area contributed by atoms with E-state index in [0.29, 0.717) is 17.4 Å². The first-order valence-corrected chi connectivity index (χ1v) is 10.1. The minimum Gasteiger partial charge on any atom is -0.497 e. The quantitative estimate of drug-likeness (QED) is 0.527. The number of thioether (sulfide) groups is 1. The van der Waals surface area contributed by atoms with Crippen LogP contribution in [0.1, 0.15) is 12.5 Å². The van der Waals surface area contributed by atoms with Gasteiger partial charge in [-0.05, 0) is 43.2 Å². The highest BCUT2D eigenvalue weighted by Crippen LogP contribution is 2.21. The summed E-state index contributed by atoms with van der Waals surface area (Å²) in [6, 6.07) is 16.5. The molecule has 2 N–H and O–H groups in total. The summed E-state index contributed by atoms with van der Waals surface area (Å²) in [5.41, 5.74) is 1.87. The van der Waals surface area contributed by atoms with E-state index in [2.05, 4.69) is 20.5 Å². The molecule has 0 saturated heterocycles. The Kier molecular flexibility index (Phi) is 7.02. The molecule has 7 nitrogen and oxygen atoms in total. The Labute approximate surface area is 173 Å². The summed E-state index contributed by atoms with van der Waals surface area (Å²) in [5.74, 6) is 1.18. The first-order valence-electron chi connectivity index (χ1n) is 9.08. The van der Waals surface area contributed by atoms with E-state index in [4.69, 9.17) is 4.74 Å². The lowest BCUT2D eigenvalue weighted by molar-refractivity contribution is -0.125. The predicted molar refractivity (Wildman–Crippen MR) is 112 cm³/mol. The van der Waals surface area contributed by atoms with Crippen molar-refractivity contribution in [3.05, 3.63) is 60.2 Å². The smallest absolute Gasteiger partial charge is 0.231 e. The maximum Gasteiger partial charge on any atom is 0.231 e. The number of hydrogen-bond donors (Lipinski definition) is 2. The summed E-state index contributed by atoms with van der Waals surface area (Å²) < 4.78 is 5.14. The van der Waals surface area contributed by atoms with Gasteiger partial charge in [0.05, 0.1) is 18.9 Å².